The molecule has 1 unspecified atom stereocenters. The number of amides is 2. The number of carbonyl (C=O) groups is 2. The number of nitrogens with zero attached hydrogens (tertiary/aromatic N) is 7. The van der Waals surface area contributed by atoms with E-state index in [1.807, 2.05) is 29.2 Å². The van der Waals surface area contributed by atoms with Crippen LogP contribution >= 0.6 is 11.3 Å². The minimum absolute atomic E-state index is 0.0487. The van der Waals surface area contributed by atoms with Gasteiger partial charge in [-0.3, -0.25) is 19.8 Å². The first-order chi connectivity index (χ1) is 21.4. The summed E-state index contributed by atoms with van der Waals surface area (Å²) in [5, 5.41) is 12.2. The number of hydrogen-bond acceptors (Lipinski definition) is 10. The van der Waals surface area contributed by atoms with Crippen molar-refractivity contribution in [3.8, 4) is 6.07 Å². The summed E-state index contributed by atoms with van der Waals surface area (Å²) in [7, 11) is 2.11. The van der Waals surface area contributed by atoms with Crippen LogP contribution in [-0.4, -0.2) is 81.9 Å². The van der Waals surface area contributed by atoms with Gasteiger partial charge in [0.1, 0.15) is 28.9 Å². The van der Waals surface area contributed by atoms with Crippen LogP contribution < -0.4 is 16.0 Å². The molecule has 3 N–H and O–H groups in total. The molecule has 3 aromatic rings. The zero-order valence-electron chi connectivity index (χ0n) is 24.9. The quantitative estimate of drug-likeness (QED) is 0.345. The molecule has 11 nitrogen and oxygen atoms in total. The molecule has 44 heavy (non-hydrogen) atoms. The van der Waals surface area contributed by atoms with Crippen molar-refractivity contribution in [1.82, 2.24) is 24.8 Å². The number of likely N-dealkylation sites (tertiary alicyclic amines) is 1. The van der Waals surface area contributed by atoms with E-state index in [1.54, 1.807) is 18.2 Å². The van der Waals surface area contributed by atoms with Gasteiger partial charge in [-0.25, -0.2) is 15.0 Å². The van der Waals surface area contributed by atoms with Gasteiger partial charge < -0.3 is 15.5 Å². The normalized spacial score (nSPS) is 18.2. The Morgan fingerprint density at radius 1 is 1.20 bits per heavy atom. The van der Waals surface area contributed by atoms with Crippen LogP contribution in [0.4, 0.5) is 16.8 Å². The highest BCUT2D eigenvalue weighted by molar-refractivity contribution is 7.16. The van der Waals surface area contributed by atoms with Gasteiger partial charge >= 0.3 is 0 Å². The van der Waals surface area contributed by atoms with E-state index < -0.39 is 0 Å². The average Bonchev–Trinajstić information content (AvgIpc) is 3.60. The highest BCUT2D eigenvalue weighted by atomic mass is 32.1. The van der Waals surface area contributed by atoms with Gasteiger partial charge in [0.2, 0.25) is 5.91 Å². The fourth-order valence-corrected chi connectivity index (χ4v) is 6.56. The Balaban J connectivity index is 1.20. The number of likely N-dealkylation sites (N-methyl/N-ethyl adjacent to an activating group) is 1. The second-order valence-electron chi connectivity index (χ2n) is 11.4. The van der Waals surface area contributed by atoms with Crippen molar-refractivity contribution in [3.05, 3.63) is 76.1 Å². The number of thiazole rings is 1. The predicted molar refractivity (Wildman–Crippen MR) is 171 cm³/mol. The SMILES string of the molecule is CCC1=C(c2ccc(C(=O)Nc3ncc(C#N)s3)cc2)c2c(N)ncnc2N(C2CCN(C(=O)C=CCN(C)C3CC3)C2)C1. The highest BCUT2D eigenvalue weighted by Crippen LogP contribution is 2.42. The smallest absolute Gasteiger partial charge is 0.257 e. The molecule has 1 aliphatic carbocycles. The van der Waals surface area contributed by atoms with Gasteiger partial charge in [0, 0.05) is 43.9 Å². The zero-order valence-corrected chi connectivity index (χ0v) is 25.7. The molecule has 3 aliphatic rings. The molecular formula is C32H35N9O2S. The van der Waals surface area contributed by atoms with E-state index in [9.17, 15) is 9.59 Å². The van der Waals surface area contributed by atoms with E-state index >= 15 is 0 Å². The molecule has 0 radical (unpaired) electrons. The van der Waals surface area contributed by atoms with E-state index in [2.05, 4.69) is 39.1 Å². The zero-order chi connectivity index (χ0) is 30.8. The summed E-state index contributed by atoms with van der Waals surface area (Å²) in [4.78, 5) is 45.9. The maximum atomic E-state index is 13.0. The lowest BCUT2D eigenvalue weighted by Gasteiger charge is -2.37. The Morgan fingerprint density at radius 3 is 2.70 bits per heavy atom. The third-order valence-corrected chi connectivity index (χ3v) is 9.35. The van der Waals surface area contributed by atoms with Crippen molar-refractivity contribution in [2.75, 3.05) is 49.2 Å². The Morgan fingerprint density at radius 2 is 2.00 bits per heavy atom. The number of aromatic nitrogens is 3. The molecule has 2 amide bonds. The fraction of sp³-hybridized carbons (Fsp3) is 0.375. The largest absolute Gasteiger partial charge is 0.383 e. The number of carbonyl (C=O) groups excluding carboxylic acids is 2. The fourth-order valence-electron chi connectivity index (χ4n) is 5.95. The number of nitrogens with two attached hydrogens (primary N) is 1. The predicted octanol–water partition coefficient (Wildman–Crippen LogP) is 3.92. The van der Waals surface area contributed by atoms with Crippen LogP contribution in [-0.2, 0) is 4.79 Å². The summed E-state index contributed by atoms with van der Waals surface area (Å²) in [5.74, 6) is 0.911. The number of nitrogens with one attached hydrogen (secondary N) is 1. The van der Waals surface area contributed by atoms with Crippen molar-refractivity contribution >= 4 is 45.5 Å². The average molecular weight is 610 g/mol. The van der Waals surface area contributed by atoms with Gasteiger partial charge in [-0.2, -0.15) is 5.26 Å². The summed E-state index contributed by atoms with van der Waals surface area (Å²) >= 11 is 1.13. The van der Waals surface area contributed by atoms with E-state index in [4.69, 9.17) is 16.0 Å². The molecule has 2 aliphatic heterocycles. The number of benzene rings is 1. The Bertz CT molecular complexity index is 1670. The number of rotatable bonds is 9. The highest BCUT2D eigenvalue weighted by Gasteiger charge is 2.36. The number of nitrogen functional groups attached to an aromatic ring is 1. The molecule has 1 saturated heterocycles. The molecule has 12 heteroatoms. The lowest BCUT2D eigenvalue weighted by atomic mass is 9.88. The summed E-state index contributed by atoms with van der Waals surface area (Å²) in [6.07, 6.45) is 10.7. The summed E-state index contributed by atoms with van der Waals surface area (Å²) in [6.45, 7) is 4.89. The van der Waals surface area contributed by atoms with Gasteiger partial charge in [-0.1, -0.05) is 36.5 Å². The van der Waals surface area contributed by atoms with Crippen LogP contribution in [0.25, 0.3) is 5.57 Å². The monoisotopic (exact) mass is 609 g/mol. The van der Waals surface area contributed by atoms with Crippen LogP contribution in [0.2, 0.25) is 0 Å². The van der Waals surface area contributed by atoms with Crippen LogP contribution in [0.5, 0.6) is 0 Å². The molecule has 6 rings (SSSR count). The molecule has 1 aromatic carbocycles. The topological polar surface area (TPSA) is 144 Å². The number of anilines is 3. The standard InChI is InChI=1S/C32H35N9O2S/c1-3-20-17-41(24-12-14-40(18-24)26(42)5-4-13-39(2)23-10-11-23)30-28(29(34)36-19-37-30)27(20)21-6-8-22(9-7-21)31(43)38-32-35-16-25(15-33)44-32/h4-9,16,19,23-24H,3,10-14,17-18H2,1-2H3,(H2,34,36,37)(H,35,38,43). The third-order valence-electron chi connectivity index (χ3n) is 8.53. The molecule has 226 valence electrons. The molecule has 0 bridgehead atoms. The van der Waals surface area contributed by atoms with Crippen LogP contribution in [0, 0.1) is 11.3 Å². The molecule has 2 aromatic heterocycles. The van der Waals surface area contributed by atoms with Crippen LogP contribution in [0.15, 0.2) is 54.5 Å². The van der Waals surface area contributed by atoms with Gasteiger partial charge in [-0.15, -0.1) is 0 Å². The number of fused-ring (bicyclic) bond motifs is 1. The van der Waals surface area contributed by atoms with Gasteiger partial charge in [0.25, 0.3) is 5.91 Å². The van der Waals surface area contributed by atoms with E-state index in [0.717, 1.165) is 53.2 Å². The first-order valence-electron chi connectivity index (χ1n) is 14.9. The molecular weight excluding hydrogens is 574 g/mol. The first-order valence-corrected chi connectivity index (χ1v) is 15.7. The molecule has 1 saturated carbocycles. The lowest BCUT2D eigenvalue weighted by molar-refractivity contribution is -0.125. The molecule has 2 fully saturated rings. The molecule has 1 atom stereocenters. The second-order valence-corrected chi connectivity index (χ2v) is 12.4. The summed E-state index contributed by atoms with van der Waals surface area (Å²) in [6, 6.07) is 10.2. The maximum absolute atomic E-state index is 13.0. The minimum atomic E-state index is -0.303. The van der Waals surface area contributed by atoms with E-state index in [1.165, 1.54) is 30.9 Å². The van der Waals surface area contributed by atoms with Gasteiger partial charge in [-0.05, 0) is 61.6 Å². The van der Waals surface area contributed by atoms with Crippen molar-refractivity contribution in [1.29, 1.82) is 5.26 Å². The van der Waals surface area contributed by atoms with E-state index in [0.29, 0.717) is 47.1 Å². The summed E-state index contributed by atoms with van der Waals surface area (Å²) in [5.41, 5.74) is 10.9. The van der Waals surface area contributed by atoms with Crippen LogP contribution in [0.3, 0.4) is 0 Å². The van der Waals surface area contributed by atoms with Crippen molar-refractivity contribution in [3.63, 3.8) is 0 Å². The Kier molecular flexibility index (Phi) is 8.41. The first kappa shape index (κ1) is 29.5. The van der Waals surface area contributed by atoms with Crippen molar-refractivity contribution in [2.24, 2.45) is 0 Å². The second kappa shape index (κ2) is 12.6. The Hall–Kier alpha value is -4.60. The molecule has 4 heterocycles. The van der Waals surface area contributed by atoms with E-state index in [-0.39, 0.29) is 17.9 Å². The summed E-state index contributed by atoms with van der Waals surface area (Å²) < 4.78 is 0. The number of hydrogen-bond donors (Lipinski definition) is 2. The Labute approximate surface area is 260 Å². The third kappa shape index (κ3) is 6.06. The maximum Gasteiger partial charge on any atom is 0.257 e. The minimum Gasteiger partial charge on any atom is -0.383 e. The van der Waals surface area contributed by atoms with Crippen molar-refractivity contribution < 1.29 is 9.59 Å². The van der Waals surface area contributed by atoms with Gasteiger partial charge in [0.05, 0.1) is 17.8 Å². The molecule has 0 spiro atoms. The van der Waals surface area contributed by atoms with Gasteiger partial charge in [0.15, 0.2) is 5.13 Å². The van der Waals surface area contributed by atoms with Crippen molar-refractivity contribution in [2.45, 2.75) is 44.7 Å². The lowest BCUT2D eigenvalue weighted by Crippen LogP contribution is -2.42. The number of nitriles is 1. The van der Waals surface area contributed by atoms with Crippen LogP contribution in [0.1, 0.15) is 59.0 Å².